The zero-order valence-corrected chi connectivity index (χ0v) is 21.6. The number of piperidine rings is 1. The number of hydrogen-bond donors (Lipinski definition) is 1. The molecule has 2 saturated heterocycles. The number of pyridine rings is 1. The number of benzene rings is 1. The molecule has 2 aromatic heterocycles. The lowest BCUT2D eigenvalue weighted by Gasteiger charge is -2.33. The van der Waals surface area contributed by atoms with Crippen LogP contribution in [-0.4, -0.2) is 23.2 Å². The van der Waals surface area contributed by atoms with Gasteiger partial charge in [0.2, 0.25) is 0 Å². The van der Waals surface area contributed by atoms with E-state index in [-0.39, 0.29) is 12.1 Å². The van der Waals surface area contributed by atoms with E-state index >= 15 is 0 Å². The fraction of sp³-hybridized carbons (Fsp3) is 0.333. The van der Waals surface area contributed by atoms with Gasteiger partial charge in [0.15, 0.2) is 5.11 Å². The van der Waals surface area contributed by atoms with E-state index in [1.165, 1.54) is 17.7 Å². The number of nitrogens with zero attached hydrogens (tertiary/aromatic N) is 3. The predicted molar refractivity (Wildman–Crippen MR) is 142 cm³/mol. The molecule has 166 valence electrons. The lowest BCUT2D eigenvalue weighted by Crippen LogP contribution is -2.33. The molecule has 0 unspecified atom stereocenters. The minimum absolute atomic E-state index is 0.00791. The molecule has 0 saturated carbocycles. The highest BCUT2D eigenvalue weighted by atomic mass is 79.9. The SMILES string of the molecule is CC1CCN(c2ccc(N3C(=S)N[C@@H](c4ccccn4)[C@@H]3c3ccc(Br)s3)cc2Cl)CC1. The number of halogens is 2. The second-order valence-electron chi connectivity index (χ2n) is 8.44. The summed E-state index contributed by atoms with van der Waals surface area (Å²) in [5, 5.41) is 4.97. The molecule has 0 bridgehead atoms. The van der Waals surface area contributed by atoms with Crippen LogP contribution in [0.25, 0.3) is 0 Å². The van der Waals surface area contributed by atoms with Crippen LogP contribution in [0.2, 0.25) is 5.02 Å². The Hall–Kier alpha value is -1.67. The Balaban J connectivity index is 1.51. The van der Waals surface area contributed by atoms with Gasteiger partial charge in [0, 0.05) is 29.9 Å². The van der Waals surface area contributed by atoms with Crippen LogP contribution in [0, 0.1) is 5.92 Å². The number of hydrogen-bond acceptors (Lipinski definition) is 4. The number of thiocarbonyl (C=S) groups is 1. The minimum atomic E-state index is -0.0451. The Morgan fingerprint density at radius 3 is 2.62 bits per heavy atom. The maximum Gasteiger partial charge on any atom is 0.174 e. The molecule has 1 aromatic carbocycles. The topological polar surface area (TPSA) is 31.4 Å². The van der Waals surface area contributed by atoms with Crippen molar-refractivity contribution in [1.29, 1.82) is 0 Å². The lowest BCUT2D eigenvalue weighted by molar-refractivity contribution is 0.438. The molecule has 2 fully saturated rings. The van der Waals surface area contributed by atoms with Crippen LogP contribution in [0.5, 0.6) is 0 Å². The van der Waals surface area contributed by atoms with E-state index < -0.39 is 0 Å². The van der Waals surface area contributed by atoms with Crippen molar-refractivity contribution in [2.75, 3.05) is 22.9 Å². The Bertz CT molecular complexity index is 1110. The highest BCUT2D eigenvalue weighted by molar-refractivity contribution is 9.11. The monoisotopic (exact) mass is 546 g/mol. The predicted octanol–water partition coefficient (Wildman–Crippen LogP) is 6.97. The molecule has 2 atom stereocenters. The van der Waals surface area contributed by atoms with E-state index in [2.05, 4.69) is 73.3 Å². The normalized spacial score (nSPS) is 21.8. The van der Waals surface area contributed by atoms with E-state index in [4.69, 9.17) is 23.8 Å². The van der Waals surface area contributed by atoms with Gasteiger partial charge < -0.3 is 15.1 Å². The fourth-order valence-corrected chi connectivity index (χ4v) is 6.75. The number of anilines is 2. The van der Waals surface area contributed by atoms with Crippen molar-refractivity contribution in [1.82, 2.24) is 10.3 Å². The summed E-state index contributed by atoms with van der Waals surface area (Å²) in [7, 11) is 0. The average molecular weight is 548 g/mol. The van der Waals surface area contributed by atoms with Crippen molar-refractivity contribution in [2.45, 2.75) is 31.8 Å². The Morgan fingerprint density at radius 2 is 1.97 bits per heavy atom. The van der Waals surface area contributed by atoms with Gasteiger partial charge in [-0.3, -0.25) is 4.98 Å². The molecule has 4 heterocycles. The summed E-state index contributed by atoms with van der Waals surface area (Å²) in [5.74, 6) is 0.784. The fourth-order valence-electron chi connectivity index (χ4n) is 4.56. The van der Waals surface area contributed by atoms with Gasteiger partial charge >= 0.3 is 0 Å². The largest absolute Gasteiger partial charge is 0.370 e. The van der Waals surface area contributed by atoms with Crippen molar-refractivity contribution in [3.05, 3.63) is 74.1 Å². The van der Waals surface area contributed by atoms with E-state index in [1.807, 2.05) is 24.4 Å². The van der Waals surface area contributed by atoms with Gasteiger partial charge in [0.1, 0.15) is 0 Å². The molecule has 2 aliphatic heterocycles. The molecule has 0 spiro atoms. The zero-order valence-electron chi connectivity index (χ0n) is 17.7. The quantitative estimate of drug-likeness (QED) is 0.356. The van der Waals surface area contributed by atoms with Gasteiger partial charge in [-0.2, -0.15) is 0 Å². The molecule has 5 rings (SSSR count). The first kappa shape index (κ1) is 22.1. The summed E-state index contributed by atoms with van der Waals surface area (Å²) >= 11 is 18.0. The van der Waals surface area contributed by atoms with E-state index in [9.17, 15) is 0 Å². The highest BCUT2D eigenvalue weighted by Gasteiger charge is 2.41. The van der Waals surface area contributed by atoms with Crippen molar-refractivity contribution in [3.8, 4) is 0 Å². The van der Waals surface area contributed by atoms with Crippen LogP contribution in [0.4, 0.5) is 11.4 Å². The summed E-state index contributed by atoms with van der Waals surface area (Å²) in [6.07, 6.45) is 4.24. The van der Waals surface area contributed by atoms with Crippen LogP contribution in [0.15, 0.2) is 58.5 Å². The van der Waals surface area contributed by atoms with Crippen LogP contribution < -0.4 is 15.1 Å². The summed E-state index contributed by atoms with van der Waals surface area (Å²) < 4.78 is 1.10. The smallest absolute Gasteiger partial charge is 0.174 e. The molecule has 0 aliphatic carbocycles. The molecule has 2 aliphatic rings. The maximum atomic E-state index is 6.83. The van der Waals surface area contributed by atoms with Gasteiger partial charge in [0.05, 0.1) is 32.3 Å². The first-order valence-corrected chi connectivity index (χ1v) is 13.2. The first-order valence-electron chi connectivity index (χ1n) is 10.8. The molecule has 0 radical (unpaired) electrons. The summed E-state index contributed by atoms with van der Waals surface area (Å²) in [4.78, 5) is 10.4. The number of thiophene rings is 1. The van der Waals surface area contributed by atoms with Crippen LogP contribution in [0.1, 0.15) is 42.4 Å². The van der Waals surface area contributed by atoms with Crippen molar-refractivity contribution in [2.24, 2.45) is 5.92 Å². The molecule has 3 aromatic rings. The Labute approximate surface area is 211 Å². The second-order valence-corrected chi connectivity index (χ2v) is 11.7. The number of nitrogens with one attached hydrogen (secondary N) is 1. The van der Waals surface area contributed by atoms with Gasteiger partial charge in [-0.05, 0) is 89.4 Å². The van der Waals surface area contributed by atoms with Crippen LogP contribution in [0.3, 0.4) is 0 Å². The Kier molecular flexibility index (Phi) is 6.43. The first-order chi connectivity index (χ1) is 15.5. The highest BCUT2D eigenvalue weighted by Crippen LogP contribution is 2.45. The van der Waals surface area contributed by atoms with Crippen molar-refractivity contribution < 1.29 is 0 Å². The van der Waals surface area contributed by atoms with Gasteiger partial charge in [-0.25, -0.2) is 0 Å². The third kappa shape index (κ3) is 4.28. The van der Waals surface area contributed by atoms with Gasteiger partial charge in [-0.1, -0.05) is 24.6 Å². The zero-order chi connectivity index (χ0) is 22.2. The van der Waals surface area contributed by atoms with Crippen LogP contribution in [-0.2, 0) is 0 Å². The third-order valence-corrected chi connectivity index (χ3v) is 8.63. The van der Waals surface area contributed by atoms with E-state index in [0.29, 0.717) is 5.11 Å². The average Bonchev–Trinajstić information content (AvgIpc) is 3.38. The second kappa shape index (κ2) is 9.29. The molecule has 4 nitrogen and oxygen atoms in total. The summed E-state index contributed by atoms with van der Waals surface area (Å²) in [6, 6.07) is 16.5. The van der Waals surface area contributed by atoms with Crippen LogP contribution >= 0.6 is 51.1 Å². The lowest BCUT2D eigenvalue weighted by atomic mass is 9.98. The molecule has 0 amide bonds. The van der Waals surface area contributed by atoms with Crippen molar-refractivity contribution >= 4 is 67.6 Å². The molecular weight excluding hydrogens is 524 g/mol. The molecule has 8 heteroatoms. The number of aromatic nitrogens is 1. The number of rotatable bonds is 4. The summed E-state index contributed by atoms with van der Waals surface area (Å²) in [5.41, 5.74) is 3.07. The summed E-state index contributed by atoms with van der Waals surface area (Å²) in [6.45, 7) is 4.43. The maximum absolute atomic E-state index is 6.83. The molecule has 32 heavy (non-hydrogen) atoms. The van der Waals surface area contributed by atoms with E-state index in [0.717, 1.165) is 44.9 Å². The Morgan fingerprint density at radius 1 is 1.16 bits per heavy atom. The van der Waals surface area contributed by atoms with Gasteiger partial charge in [-0.15, -0.1) is 11.3 Å². The van der Waals surface area contributed by atoms with E-state index in [1.54, 1.807) is 11.3 Å². The molecular formula is C24H24BrClN4S2. The standard InChI is InChI=1S/C24H24BrClN4S2/c1-15-9-12-29(13-10-15)19-6-5-16(14-17(19)26)30-23(20-7-8-21(25)32-20)22(28-24(30)31)18-4-2-3-11-27-18/h2-8,11,14-15,22-23H,9-10,12-13H2,1H3,(H,28,31)/t22-,23-/m0/s1. The minimum Gasteiger partial charge on any atom is -0.370 e. The third-order valence-electron chi connectivity index (χ3n) is 6.32. The molecule has 1 N–H and O–H groups in total. The van der Waals surface area contributed by atoms with Gasteiger partial charge in [0.25, 0.3) is 0 Å². The van der Waals surface area contributed by atoms with Crippen molar-refractivity contribution in [3.63, 3.8) is 0 Å².